The number of hydrogen-bond donors (Lipinski definition) is 22. The fourth-order valence-corrected chi connectivity index (χ4v) is 14.0. The second kappa shape index (κ2) is 47.6. The first-order valence-corrected chi connectivity index (χ1v) is 39.4. The Kier molecular flexibility index (Phi) is 40.2. The lowest BCUT2D eigenvalue weighted by Gasteiger charge is -2.29. The number of amides is 1. The number of rotatable bonds is 23. The van der Waals surface area contributed by atoms with E-state index in [1.54, 1.807) is 13.8 Å². The number of allylic oxidation sites excluding steroid dienone is 3. The van der Waals surface area contributed by atoms with Crippen LogP contribution in [0, 0.1) is 0 Å². The summed E-state index contributed by atoms with van der Waals surface area (Å²) < 4.78 is 70.7. The molecule has 5 aromatic heterocycles. The van der Waals surface area contributed by atoms with Crippen molar-refractivity contribution in [2.24, 2.45) is 5.73 Å². The second-order valence-corrected chi connectivity index (χ2v) is 31.3. The Bertz CT molecular complexity index is 5080. The molecule has 0 bridgehead atoms. The van der Waals surface area contributed by atoms with Crippen molar-refractivity contribution < 1.29 is 147 Å². The smallest absolute Gasteiger partial charge is 0.471 e. The van der Waals surface area contributed by atoms with Gasteiger partial charge in [-0.05, 0) is 67.5 Å². The van der Waals surface area contributed by atoms with Crippen LogP contribution in [-0.4, -0.2) is 328 Å². The molecule has 0 spiro atoms. The first-order valence-electron chi connectivity index (χ1n) is 39.4. The molecule has 5 unspecified atom stereocenters. The van der Waals surface area contributed by atoms with Crippen molar-refractivity contribution in [3.05, 3.63) is 198 Å². The molecule has 7 fully saturated rings. The maximum atomic E-state index is 12.9. The lowest BCUT2D eigenvalue weighted by atomic mass is 10.1. The van der Waals surface area contributed by atoms with E-state index in [1.165, 1.54) is 30.2 Å². The summed E-state index contributed by atoms with van der Waals surface area (Å²) in [5.74, 6) is -2.18. The van der Waals surface area contributed by atoms with Gasteiger partial charge < -0.3 is 145 Å². The molecule has 1 amide bonds. The third-order valence-corrected chi connectivity index (χ3v) is 20.9. The molecule has 20 atom stereocenters. The first kappa shape index (κ1) is 105. The van der Waals surface area contributed by atoms with Gasteiger partial charge in [-0.3, -0.25) is 81.4 Å². The van der Waals surface area contributed by atoms with Crippen molar-refractivity contribution in [1.29, 1.82) is 0 Å². The molecule has 23 N–H and O–H groups in total. The summed E-state index contributed by atoms with van der Waals surface area (Å²) in [4.78, 5) is 143. The molecule has 7 aliphatic heterocycles. The number of quaternary nitrogens is 1. The summed E-state index contributed by atoms with van der Waals surface area (Å²) in [7, 11) is 2.06. The molecule has 0 aliphatic carbocycles. The number of aromatic nitrogens is 10. The maximum Gasteiger partial charge on any atom is 0.471 e. The van der Waals surface area contributed by atoms with Gasteiger partial charge in [0.15, 0.2) is 31.1 Å². The quantitative estimate of drug-likeness (QED) is 0.0125. The van der Waals surface area contributed by atoms with Gasteiger partial charge in [0.2, 0.25) is 0 Å². The predicted molar refractivity (Wildman–Crippen MR) is 426 cm³/mol. The average molecular weight is 1900 g/mol. The molecule has 46 nitrogen and oxygen atoms in total. The molecule has 0 radical (unpaired) electrons. The summed E-state index contributed by atoms with van der Waals surface area (Å²) in [6, 6.07) is 1.09. The van der Waals surface area contributed by atoms with Crippen LogP contribution in [0.2, 0.25) is 0 Å². The van der Waals surface area contributed by atoms with Crippen molar-refractivity contribution in [3.63, 3.8) is 0 Å². The number of carbonyl (C=O) groups is 1. The minimum Gasteiger partial charge on any atom is -1.00 e. The van der Waals surface area contributed by atoms with E-state index in [0.29, 0.717) is 52.3 Å². The number of aliphatic hydroxyl groups excluding tert-OH is 15. The van der Waals surface area contributed by atoms with Crippen LogP contribution in [0.3, 0.4) is 0 Å². The van der Waals surface area contributed by atoms with E-state index in [4.69, 9.17) is 55.0 Å². The highest BCUT2D eigenvalue weighted by atomic mass is 127. The van der Waals surface area contributed by atoms with Gasteiger partial charge >= 0.3 is 40.5 Å². The lowest BCUT2D eigenvalue weighted by molar-refractivity contribution is -0.911. The van der Waals surface area contributed by atoms with Crippen molar-refractivity contribution >= 4 is 5.91 Å². The van der Waals surface area contributed by atoms with Crippen molar-refractivity contribution in [1.82, 2.24) is 62.9 Å². The normalized spacial score (nSPS) is 27.8. The number of alkyl halides is 3. The van der Waals surface area contributed by atoms with Gasteiger partial charge in [-0.1, -0.05) is 34.9 Å². The Morgan fingerprint density at radius 3 is 1.14 bits per heavy atom. The Balaban J connectivity index is 0.000000239. The standard InChI is InChI=1S/C17H22F3N3O7.2C15H23N3O6.C14H21N3O6.C9H12N2O6.C5H11N.HI/c1-8(2)3-4-22(15(28)17(18,19)20)5-9-6-23(16(29)21-13(9)27)14-12(26)11(25)10(7-24)30-14;1-18(4-2-3-5-18)7-9-6-17(15(23)16-13(9)22)14-12(21)11(20)10(8-19)24-14;1-8(2)3-4-16-5-9-6-18(15(23)17-13(9)22)14-12(21)11(20)10(7-19)24-14;18-7-9-10(19)11(20)13(23-9)17-6-8(12(21)15-14(17)22)5-16-3-1-2-4-16;12-3-4-6(14)7(15)8(17-4)11-2-1-5(13)10-9(11)16;1-5(2)3-4-6;/h3,6,10-12,14,24-26H,4-5,7H2,1-2H3,(H,21,27,29);6,10-12,14,19-21H,2-5,7-8H2,1H3;3,6,10-12,14,16,19-21H,4-5,7H2,1-2H3,(H,17,22,23);6,9-11,13,18-20H,1-5,7H2,(H,15,21,22);1-2,4,6-8,12,14-15H,3H2,(H,10,13,16);3H,4,6H2,1-2H3;1H/t3*10-,11?,12+,14-;9-,10?,11+,13-;4-,6?,7+,8-;;/m11111../s1. The summed E-state index contributed by atoms with van der Waals surface area (Å²) in [6.07, 6.45) is -14.6. The number of hydrogen-bond acceptors (Lipinski definition) is 34. The van der Waals surface area contributed by atoms with Gasteiger partial charge in [0, 0.05) is 93.7 Å². The number of likely N-dealkylation sites (tertiary alicyclic amines) is 2. The topological polar surface area (TPSA) is 686 Å². The zero-order valence-electron chi connectivity index (χ0n) is 69.3. The highest BCUT2D eigenvalue weighted by Crippen LogP contribution is 2.33. The highest BCUT2D eigenvalue weighted by Gasteiger charge is 2.49. The Hall–Kier alpha value is -8.35. The predicted octanol–water partition coefficient (Wildman–Crippen LogP) is -12.1. The monoisotopic (exact) mass is 1900 g/mol. The second-order valence-electron chi connectivity index (χ2n) is 31.3. The zero-order valence-corrected chi connectivity index (χ0v) is 71.4. The van der Waals surface area contributed by atoms with E-state index < -0.39 is 237 Å². The number of H-pyrrole nitrogens is 5. The Labute approximate surface area is 724 Å². The Morgan fingerprint density at radius 1 is 0.480 bits per heavy atom. The molecule has 702 valence electrons. The molecule has 125 heavy (non-hydrogen) atoms. The summed E-state index contributed by atoms with van der Waals surface area (Å²) in [5.41, 5.74) is 1.86. The van der Waals surface area contributed by atoms with E-state index in [9.17, 15) is 117 Å². The van der Waals surface area contributed by atoms with Crippen LogP contribution >= 0.6 is 0 Å². The van der Waals surface area contributed by atoms with Crippen LogP contribution in [0.5, 0.6) is 0 Å². The van der Waals surface area contributed by atoms with Gasteiger partial charge in [0.1, 0.15) is 98.1 Å². The van der Waals surface area contributed by atoms with Crippen LogP contribution in [-0.2, 0) is 54.7 Å². The van der Waals surface area contributed by atoms with E-state index in [2.05, 4.69) is 32.2 Å². The fraction of sp³-hybridized carbons (Fsp3) is 0.640. The number of carbonyl (C=O) groups excluding carboxylic acids is 1. The average Bonchev–Trinajstić information content (AvgIpc) is 1.71. The fourth-order valence-electron chi connectivity index (χ4n) is 14.0. The van der Waals surface area contributed by atoms with Crippen LogP contribution in [0.4, 0.5) is 13.2 Å². The highest BCUT2D eigenvalue weighted by molar-refractivity contribution is 5.82. The van der Waals surface area contributed by atoms with Crippen LogP contribution in [0.15, 0.2) is 120 Å². The largest absolute Gasteiger partial charge is 1.00 e. The molecule has 0 saturated carbocycles. The van der Waals surface area contributed by atoms with Gasteiger partial charge in [-0.25, -0.2) is 24.0 Å². The van der Waals surface area contributed by atoms with E-state index >= 15 is 0 Å². The third-order valence-electron chi connectivity index (χ3n) is 20.9. The molecular formula is C75H113F3IN15O31. The maximum absolute atomic E-state index is 12.9. The van der Waals surface area contributed by atoms with Gasteiger partial charge in [0.25, 0.3) is 27.8 Å². The van der Waals surface area contributed by atoms with Crippen LogP contribution in [0.25, 0.3) is 0 Å². The minimum absolute atomic E-state index is 0. The van der Waals surface area contributed by atoms with E-state index in [0.717, 1.165) is 98.6 Å². The van der Waals surface area contributed by atoms with E-state index in [-0.39, 0.29) is 41.6 Å². The molecule has 7 aliphatic rings. The zero-order chi connectivity index (χ0) is 92.3. The number of halogens is 4. The molecule has 0 aromatic carbocycles. The molecule has 7 saturated heterocycles. The van der Waals surface area contributed by atoms with Crippen molar-refractivity contribution in [3.8, 4) is 0 Å². The summed E-state index contributed by atoms with van der Waals surface area (Å²) in [6.45, 7) is 13.4. The van der Waals surface area contributed by atoms with Gasteiger partial charge in [-0.2, -0.15) is 13.2 Å². The Morgan fingerprint density at radius 2 is 0.808 bits per heavy atom. The van der Waals surface area contributed by atoms with Crippen molar-refractivity contribution in [2.75, 3.05) is 85.9 Å². The van der Waals surface area contributed by atoms with E-state index in [1.807, 2.05) is 49.8 Å². The first-order chi connectivity index (χ1) is 58.4. The number of ether oxygens (including phenoxy) is 5. The van der Waals surface area contributed by atoms with Gasteiger partial charge in [-0.15, -0.1) is 0 Å². The molecule has 50 heteroatoms. The van der Waals surface area contributed by atoms with Crippen molar-refractivity contribution in [2.45, 2.75) is 222 Å². The minimum atomic E-state index is -5.18. The van der Waals surface area contributed by atoms with Crippen LogP contribution < -0.4 is 91.3 Å². The van der Waals surface area contributed by atoms with Crippen LogP contribution in [0.1, 0.15) is 121 Å². The summed E-state index contributed by atoms with van der Waals surface area (Å²) >= 11 is 0. The summed E-state index contributed by atoms with van der Waals surface area (Å²) in [5, 5.41) is 147. The third kappa shape index (κ3) is 27.6. The van der Waals surface area contributed by atoms with Gasteiger partial charge in [0.05, 0.1) is 70.8 Å². The number of nitrogens with two attached hydrogens (primary N) is 1. The molecular weight excluding hydrogens is 1790 g/mol. The molecule has 12 heterocycles. The SMILES string of the molecule is CC(C)=CCN.CC(C)=CCN(Cc1cn([C@@H]2O[C@H](CO)C(O)[C@@H]2O)c(=O)[nH]c1=O)C(=O)C(F)(F)F.CC(C)=CCNCc1cn([C@@H]2O[C@H](CO)C(O)[C@@H]2O)c(=O)[nH]c1=O.C[N+]1(Cc2cn([C@@H]3O[C@H](CO)C(O)[C@@H]3O)c(=O)[nH]c2=O)CCCC1.O=c1[nH]c(=O)n([C@@H]2O[C@H](CO)C(O)[C@@H]2O)cc1CN1CCCC1.O=c1ccn([C@@H]2O[C@H](CO)C(O)[C@@H]2O)c(=O)[nH]1.[I-]. The number of nitrogens with zero attached hydrogens (tertiary/aromatic N) is 8. The number of nitrogens with one attached hydrogen (secondary N) is 6. The lowest BCUT2D eigenvalue weighted by Crippen LogP contribution is -3.00. The molecule has 5 aromatic rings. The number of aliphatic hydroxyl groups is 15. The molecule has 12 rings (SSSR count). The number of aromatic amines is 5.